The minimum atomic E-state index is -0.716. The van der Waals surface area contributed by atoms with Crippen LogP contribution in [-0.4, -0.2) is 36.1 Å². The van der Waals surface area contributed by atoms with Gasteiger partial charge >= 0.3 is 0 Å². The molecule has 0 saturated heterocycles. The first-order valence-electron chi connectivity index (χ1n) is 10.7. The van der Waals surface area contributed by atoms with Gasteiger partial charge in [-0.1, -0.05) is 13.0 Å². The largest absolute Gasteiger partial charge is 0.507 e. The SMILES string of the molecule is CCc1cc2c(c(C)c1O)OCC(c1cc(OC)c(O)c(OC)c1)C2c1ccc(O)c(F)c1. The number of halogens is 1. The van der Waals surface area contributed by atoms with Crippen LogP contribution >= 0.6 is 0 Å². The van der Waals surface area contributed by atoms with E-state index in [1.54, 1.807) is 25.1 Å². The fourth-order valence-electron chi connectivity index (χ4n) is 4.61. The molecule has 0 saturated carbocycles. The number of benzene rings is 3. The Kier molecular flexibility index (Phi) is 5.97. The number of phenols is 3. The normalized spacial score (nSPS) is 17.2. The summed E-state index contributed by atoms with van der Waals surface area (Å²) in [5.41, 5.74) is 3.63. The smallest absolute Gasteiger partial charge is 0.200 e. The van der Waals surface area contributed by atoms with E-state index < -0.39 is 11.6 Å². The van der Waals surface area contributed by atoms with Crippen LogP contribution in [0.5, 0.6) is 34.5 Å². The van der Waals surface area contributed by atoms with Crippen LogP contribution in [0.15, 0.2) is 36.4 Å². The minimum absolute atomic E-state index is 0.109. The second-order valence-corrected chi connectivity index (χ2v) is 8.16. The van der Waals surface area contributed by atoms with E-state index in [1.165, 1.54) is 26.4 Å². The van der Waals surface area contributed by atoms with Crippen molar-refractivity contribution in [3.8, 4) is 34.5 Å². The summed E-state index contributed by atoms with van der Waals surface area (Å²) < 4.78 is 31.2. The molecule has 0 fully saturated rings. The molecule has 0 radical (unpaired) electrons. The summed E-state index contributed by atoms with van der Waals surface area (Å²) in [4.78, 5) is 0. The fraction of sp³-hybridized carbons (Fsp3) is 0.308. The number of aromatic hydroxyl groups is 3. The lowest BCUT2D eigenvalue weighted by Crippen LogP contribution is -2.26. The number of rotatable bonds is 5. The van der Waals surface area contributed by atoms with Gasteiger partial charge < -0.3 is 29.5 Å². The van der Waals surface area contributed by atoms with E-state index in [4.69, 9.17) is 14.2 Å². The first-order chi connectivity index (χ1) is 15.8. The molecular formula is C26H27FO6. The Hall–Kier alpha value is -3.61. The molecule has 0 aliphatic carbocycles. The molecule has 174 valence electrons. The molecule has 1 aliphatic heterocycles. The molecule has 33 heavy (non-hydrogen) atoms. The van der Waals surface area contributed by atoms with Gasteiger partial charge in [-0.15, -0.1) is 0 Å². The topological polar surface area (TPSA) is 88.4 Å². The van der Waals surface area contributed by atoms with Crippen LogP contribution in [-0.2, 0) is 6.42 Å². The van der Waals surface area contributed by atoms with E-state index in [2.05, 4.69) is 0 Å². The maximum atomic E-state index is 14.4. The molecule has 3 N–H and O–H groups in total. The van der Waals surface area contributed by atoms with Gasteiger partial charge in [-0.3, -0.25) is 0 Å². The second-order valence-electron chi connectivity index (χ2n) is 8.16. The van der Waals surface area contributed by atoms with E-state index >= 15 is 0 Å². The van der Waals surface area contributed by atoms with Crippen LogP contribution in [0.25, 0.3) is 0 Å². The van der Waals surface area contributed by atoms with Gasteiger partial charge in [0.1, 0.15) is 11.5 Å². The van der Waals surface area contributed by atoms with Crippen LogP contribution in [0.3, 0.4) is 0 Å². The van der Waals surface area contributed by atoms with Crippen molar-refractivity contribution in [3.05, 3.63) is 70.0 Å². The van der Waals surface area contributed by atoms with E-state index in [0.717, 1.165) is 16.7 Å². The quantitative estimate of drug-likeness (QED) is 0.495. The molecule has 1 heterocycles. The zero-order valence-electron chi connectivity index (χ0n) is 19.0. The van der Waals surface area contributed by atoms with Crippen LogP contribution in [0.4, 0.5) is 4.39 Å². The van der Waals surface area contributed by atoms with Gasteiger partial charge in [0.05, 0.1) is 20.8 Å². The Bertz CT molecular complexity index is 1180. The zero-order chi connectivity index (χ0) is 23.9. The molecule has 7 heteroatoms. The van der Waals surface area contributed by atoms with Crippen molar-refractivity contribution in [2.75, 3.05) is 20.8 Å². The van der Waals surface area contributed by atoms with Crippen molar-refractivity contribution in [2.24, 2.45) is 0 Å². The van der Waals surface area contributed by atoms with Crippen molar-refractivity contribution in [2.45, 2.75) is 32.1 Å². The van der Waals surface area contributed by atoms with E-state index in [-0.39, 0.29) is 41.4 Å². The summed E-state index contributed by atoms with van der Waals surface area (Å²) in [6.07, 6.45) is 0.613. The summed E-state index contributed by atoms with van der Waals surface area (Å²) >= 11 is 0. The number of fused-ring (bicyclic) bond motifs is 1. The minimum Gasteiger partial charge on any atom is -0.507 e. The molecule has 0 aromatic heterocycles. The molecule has 0 bridgehead atoms. The number of hydrogen-bond acceptors (Lipinski definition) is 6. The Morgan fingerprint density at radius 1 is 0.970 bits per heavy atom. The number of methoxy groups -OCH3 is 2. The first-order valence-corrected chi connectivity index (χ1v) is 10.7. The number of aryl methyl sites for hydroxylation is 1. The molecule has 6 nitrogen and oxygen atoms in total. The third-order valence-corrected chi connectivity index (χ3v) is 6.38. The lowest BCUT2D eigenvalue weighted by Gasteiger charge is -2.36. The monoisotopic (exact) mass is 454 g/mol. The third kappa shape index (κ3) is 3.77. The van der Waals surface area contributed by atoms with Crippen LogP contribution in [0.2, 0.25) is 0 Å². The summed E-state index contributed by atoms with van der Waals surface area (Å²) in [6, 6.07) is 9.68. The summed E-state index contributed by atoms with van der Waals surface area (Å²) in [7, 11) is 2.91. The highest BCUT2D eigenvalue weighted by atomic mass is 19.1. The summed E-state index contributed by atoms with van der Waals surface area (Å²) in [5, 5.41) is 30.7. The average Bonchev–Trinajstić information content (AvgIpc) is 2.82. The second kappa shape index (κ2) is 8.73. The lowest BCUT2D eigenvalue weighted by molar-refractivity contribution is 0.244. The lowest BCUT2D eigenvalue weighted by atomic mass is 9.74. The van der Waals surface area contributed by atoms with Crippen molar-refractivity contribution in [3.63, 3.8) is 0 Å². The standard InChI is InChI=1S/C26H27FO6/c1-5-14-8-17-23(15-6-7-20(28)19(27)9-15)18(12-33-26(17)13(2)24(14)29)16-10-21(31-3)25(30)22(11-16)32-4/h6-11,18,23,28-30H,5,12H2,1-4H3. The van der Waals surface area contributed by atoms with Crippen molar-refractivity contribution < 1.29 is 33.9 Å². The zero-order valence-corrected chi connectivity index (χ0v) is 19.0. The number of hydrogen-bond donors (Lipinski definition) is 3. The molecule has 3 aromatic carbocycles. The Morgan fingerprint density at radius 3 is 2.21 bits per heavy atom. The number of phenolic OH excluding ortho intramolecular Hbond substituents is 3. The van der Waals surface area contributed by atoms with Gasteiger partial charge in [0, 0.05) is 23.0 Å². The van der Waals surface area contributed by atoms with Gasteiger partial charge in [0.25, 0.3) is 0 Å². The van der Waals surface area contributed by atoms with Gasteiger partial charge in [-0.05, 0) is 60.4 Å². The highest BCUT2D eigenvalue weighted by molar-refractivity contribution is 5.60. The molecule has 3 aromatic rings. The molecule has 0 spiro atoms. The van der Waals surface area contributed by atoms with E-state index in [1.807, 2.05) is 13.0 Å². The fourth-order valence-corrected chi connectivity index (χ4v) is 4.61. The van der Waals surface area contributed by atoms with Crippen LogP contribution in [0.1, 0.15) is 46.6 Å². The van der Waals surface area contributed by atoms with Crippen LogP contribution in [0, 0.1) is 12.7 Å². The highest BCUT2D eigenvalue weighted by Gasteiger charge is 2.36. The van der Waals surface area contributed by atoms with Crippen LogP contribution < -0.4 is 14.2 Å². The maximum absolute atomic E-state index is 14.4. The Morgan fingerprint density at radius 2 is 1.64 bits per heavy atom. The molecular weight excluding hydrogens is 427 g/mol. The molecule has 0 amide bonds. The molecule has 4 rings (SSSR count). The third-order valence-electron chi connectivity index (χ3n) is 6.38. The Labute approximate surface area is 191 Å². The number of ether oxygens (including phenoxy) is 3. The molecule has 2 atom stereocenters. The van der Waals surface area contributed by atoms with Gasteiger partial charge in [0.15, 0.2) is 23.1 Å². The van der Waals surface area contributed by atoms with Crippen molar-refractivity contribution in [1.29, 1.82) is 0 Å². The van der Waals surface area contributed by atoms with Crippen molar-refractivity contribution in [1.82, 2.24) is 0 Å². The summed E-state index contributed by atoms with van der Waals surface area (Å²) in [6.45, 7) is 3.99. The molecule has 2 unspecified atom stereocenters. The van der Waals surface area contributed by atoms with Gasteiger partial charge in [-0.2, -0.15) is 0 Å². The Balaban J connectivity index is 1.97. The van der Waals surface area contributed by atoms with Gasteiger partial charge in [0.2, 0.25) is 5.75 Å². The van der Waals surface area contributed by atoms with E-state index in [9.17, 15) is 19.7 Å². The highest BCUT2D eigenvalue weighted by Crippen LogP contribution is 2.51. The average molecular weight is 454 g/mol. The summed E-state index contributed by atoms with van der Waals surface area (Å²) in [5.74, 6) is -0.634. The van der Waals surface area contributed by atoms with E-state index in [0.29, 0.717) is 23.3 Å². The van der Waals surface area contributed by atoms with Crippen molar-refractivity contribution >= 4 is 0 Å². The van der Waals surface area contributed by atoms with Gasteiger partial charge in [-0.25, -0.2) is 4.39 Å². The predicted octanol–water partition coefficient (Wildman–Crippen LogP) is 5.14. The molecule has 1 aliphatic rings. The predicted molar refractivity (Wildman–Crippen MR) is 122 cm³/mol. The first kappa shape index (κ1) is 22.6. The maximum Gasteiger partial charge on any atom is 0.200 e.